The number of rotatable bonds is 13. The molecule has 0 saturated heterocycles. The van der Waals surface area contributed by atoms with Gasteiger partial charge in [-0.05, 0) is 66.8 Å². The predicted molar refractivity (Wildman–Crippen MR) is 138 cm³/mol. The van der Waals surface area contributed by atoms with Gasteiger partial charge in [-0.25, -0.2) is 9.18 Å². The minimum atomic E-state index is -1.01. The SMILES string of the molecule is CCCCCCc1ccc(OC(=O)Oc2ccc(-c3ccc(OCCCCC)c(F)c3F)cc2)cc1. The number of carbonyl (C=O) groups excluding carboxylic acids is 1. The lowest BCUT2D eigenvalue weighted by molar-refractivity contribution is 0.152. The molecule has 6 heteroatoms. The van der Waals surface area contributed by atoms with E-state index in [1.54, 1.807) is 24.3 Å². The van der Waals surface area contributed by atoms with E-state index in [9.17, 15) is 13.6 Å². The summed E-state index contributed by atoms with van der Waals surface area (Å²) in [6.45, 7) is 4.59. The molecule has 0 bridgehead atoms. The molecule has 0 aliphatic rings. The Labute approximate surface area is 212 Å². The molecule has 0 atom stereocenters. The number of carbonyl (C=O) groups is 1. The van der Waals surface area contributed by atoms with Crippen LogP contribution in [0.15, 0.2) is 60.7 Å². The summed E-state index contributed by atoms with van der Waals surface area (Å²) in [5, 5.41) is 0. The van der Waals surface area contributed by atoms with Gasteiger partial charge in [0, 0.05) is 5.56 Å². The minimum Gasteiger partial charge on any atom is -0.490 e. The third-order valence-electron chi connectivity index (χ3n) is 5.86. The Hall–Kier alpha value is -3.41. The summed E-state index contributed by atoms with van der Waals surface area (Å²) in [6, 6.07) is 16.4. The van der Waals surface area contributed by atoms with E-state index in [2.05, 4.69) is 13.8 Å². The number of hydrogen-bond acceptors (Lipinski definition) is 4. The van der Waals surface area contributed by atoms with E-state index in [0.717, 1.165) is 32.1 Å². The highest BCUT2D eigenvalue weighted by Crippen LogP contribution is 2.31. The number of benzene rings is 3. The van der Waals surface area contributed by atoms with Gasteiger partial charge in [0.25, 0.3) is 0 Å². The van der Waals surface area contributed by atoms with Crippen molar-refractivity contribution in [2.24, 2.45) is 0 Å². The lowest BCUT2D eigenvalue weighted by Gasteiger charge is -2.11. The van der Waals surface area contributed by atoms with Crippen molar-refractivity contribution in [3.63, 3.8) is 0 Å². The van der Waals surface area contributed by atoms with Crippen LogP contribution >= 0.6 is 0 Å². The number of hydrogen-bond donors (Lipinski definition) is 0. The number of halogens is 2. The number of aryl methyl sites for hydroxylation is 1. The van der Waals surface area contributed by atoms with E-state index in [0.29, 0.717) is 17.9 Å². The fraction of sp³-hybridized carbons (Fsp3) is 0.367. The normalized spacial score (nSPS) is 10.8. The van der Waals surface area contributed by atoms with Gasteiger partial charge in [-0.2, -0.15) is 4.39 Å². The first-order valence-corrected chi connectivity index (χ1v) is 12.7. The molecule has 0 heterocycles. The van der Waals surface area contributed by atoms with Crippen LogP contribution in [-0.4, -0.2) is 12.8 Å². The van der Waals surface area contributed by atoms with Crippen LogP contribution < -0.4 is 14.2 Å². The average Bonchev–Trinajstić information content (AvgIpc) is 2.88. The Bertz CT molecular complexity index is 1100. The van der Waals surface area contributed by atoms with Gasteiger partial charge >= 0.3 is 6.16 Å². The Morgan fingerprint density at radius 3 is 1.94 bits per heavy atom. The molecule has 3 aromatic carbocycles. The van der Waals surface area contributed by atoms with Crippen LogP contribution in [0.25, 0.3) is 11.1 Å². The average molecular weight is 497 g/mol. The molecule has 0 aromatic heterocycles. The molecule has 0 aliphatic heterocycles. The fourth-order valence-electron chi connectivity index (χ4n) is 3.80. The lowest BCUT2D eigenvalue weighted by Crippen LogP contribution is -2.13. The number of ether oxygens (including phenoxy) is 3. The molecule has 0 radical (unpaired) electrons. The van der Waals surface area contributed by atoms with Gasteiger partial charge in [-0.15, -0.1) is 0 Å². The van der Waals surface area contributed by atoms with Crippen LogP contribution in [0, 0.1) is 11.6 Å². The van der Waals surface area contributed by atoms with Gasteiger partial charge in [-0.1, -0.05) is 70.2 Å². The molecule has 192 valence electrons. The van der Waals surface area contributed by atoms with Crippen molar-refractivity contribution in [1.29, 1.82) is 0 Å². The van der Waals surface area contributed by atoms with E-state index in [1.807, 2.05) is 12.1 Å². The second-order valence-corrected chi connectivity index (χ2v) is 8.73. The van der Waals surface area contributed by atoms with Crippen molar-refractivity contribution < 1.29 is 27.8 Å². The maximum Gasteiger partial charge on any atom is 0.519 e. The molecule has 0 saturated carbocycles. The van der Waals surface area contributed by atoms with Crippen molar-refractivity contribution >= 4 is 6.16 Å². The summed E-state index contributed by atoms with van der Waals surface area (Å²) in [7, 11) is 0. The highest BCUT2D eigenvalue weighted by atomic mass is 19.2. The molecule has 0 aliphatic carbocycles. The summed E-state index contributed by atoms with van der Waals surface area (Å²) < 4.78 is 44.9. The smallest absolute Gasteiger partial charge is 0.490 e. The molecule has 3 rings (SSSR count). The Morgan fingerprint density at radius 2 is 1.31 bits per heavy atom. The van der Waals surface area contributed by atoms with Gasteiger partial charge in [0.15, 0.2) is 11.6 Å². The standard InChI is InChI=1S/C30H34F2O4/c1-3-5-7-8-10-22-11-15-24(16-12-22)35-30(33)36-25-17-13-23(14-18-25)26-19-20-27(29(32)28(26)31)34-21-9-6-4-2/h11-20H,3-10,21H2,1-2H3. The molecule has 0 spiro atoms. The molecule has 0 amide bonds. The highest BCUT2D eigenvalue weighted by molar-refractivity contribution is 5.69. The van der Waals surface area contributed by atoms with Gasteiger partial charge in [-0.3, -0.25) is 0 Å². The van der Waals surface area contributed by atoms with Gasteiger partial charge in [0.2, 0.25) is 5.82 Å². The van der Waals surface area contributed by atoms with E-state index >= 15 is 0 Å². The quantitative estimate of drug-likeness (QED) is 0.135. The maximum atomic E-state index is 14.6. The van der Waals surface area contributed by atoms with Crippen molar-refractivity contribution in [3.05, 3.63) is 77.9 Å². The van der Waals surface area contributed by atoms with Crippen molar-refractivity contribution in [2.45, 2.75) is 65.2 Å². The Morgan fingerprint density at radius 1 is 0.694 bits per heavy atom. The first kappa shape index (κ1) is 27.2. The molecular formula is C30H34F2O4. The maximum absolute atomic E-state index is 14.6. The van der Waals surface area contributed by atoms with E-state index in [4.69, 9.17) is 14.2 Å². The molecule has 0 unspecified atom stereocenters. The van der Waals surface area contributed by atoms with Gasteiger partial charge in [0.1, 0.15) is 11.5 Å². The minimum absolute atomic E-state index is 0.0947. The summed E-state index contributed by atoms with van der Waals surface area (Å²) in [5.74, 6) is -1.47. The molecule has 4 nitrogen and oxygen atoms in total. The Balaban J connectivity index is 1.54. The van der Waals surface area contributed by atoms with Gasteiger partial charge < -0.3 is 14.2 Å². The summed E-state index contributed by atoms with van der Waals surface area (Å²) in [5.41, 5.74) is 1.73. The second kappa shape index (κ2) is 14.2. The van der Waals surface area contributed by atoms with Crippen LogP contribution in [0.2, 0.25) is 0 Å². The number of unbranched alkanes of at least 4 members (excludes halogenated alkanes) is 5. The van der Waals surface area contributed by atoms with Crippen LogP contribution in [0.3, 0.4) is 0 Å². The zero-order valence-corrected chi connectivity index (χ0v) is 21.0. The van der Waals surface area contributed by atoms with Crippen LogP contribution in [0.1, 0.15) is 64.4 Å². The van der Waals surface area contributed by atoms with Crippen LogP contribution in [-0.2, 0) is 6.42 Å². The summed E-state index contributed by atoms with van der Waals surface area (Å²) in [6.07, 6.45) is 7.68. The molecule has 0 fully saturated rings. The van der Waals surface area contributed by atoms with Gasteiger partial charge in [0.05, 0.1) is 6.61 Å². The second-order valence-electron chi connectivity index (χ2n) is 8.73. The van der Waals surface area contributed by atoms with E-state index in [1.165, 1.54) is 49.1 Å². The first-order chi connectivity index (χ1) is 17.5. The monoisotopic (exact) mass is 496 g/mol. The van der Waals surface area contributed by atoms with Crippen LogP contribution in [0.5, 0.6) is 17.2 Å². The molecule has 36 heavy (non-hydrogen) atoms. The highest BCUT2D eigenvalue weighted by Gasteiger charge is 2.16. The van der Waals surface area contributed by atoms with Crippen molar-refractivity contribution in [2.75, 3.05) is 6.61 Å². The Kier molecular flexibility index (Phi) is 10.7. The molecule has 0 N–H and O–H groups in total. The summed E-state index contributed by atoms with van der Waals surface area (Å²) >= 11 is 0. The molecular weight excluding hydrogens is 462 g/mol. The molecule has 3 aromatic rings. The predicted octanol–water partition coefficient (Wildman–Crippen LogP) is 8.90. The van der Waals surface area contributed by atoms with Crippen molar-refractivity contribution in [1.82, 2.24) is 0 Å². The topological polar surface area (TPSA) is 44.8 Å². The van der Waals surface area contributed by atoms with Crippen molar-refractivity contribution in [3.8, 4) is 28.4 Å². The van der Waals surface area contributed by atoms with E-state index < -0.39 is 17.8 Å². The van der Waals surface area contributed by atoms with Crippen LogP contribution in [0.4, 0.5) is 13.6 Å². The lowest BCUT2D eigenvalue weighted by atomic mass is 10.0. The third kappa shape index (κ3) is 8.08. The summed E-state index contributed by atoms with van der Waals surface area (Å²) in [4.78, 5) is 12.2. The largest absolute Gasteiger partial charge is 0.519 e. The zero-order valence-electron chi connectivity index (χ0n) is 21.0. The fourth-order valence-corrected chi connectivity index (χ4v) is 3.80. The van der Waals surface area contributed by atoms with E-state index in [-0.39, 0.29) is 17.1 Å². The first-order valence-electron chi connectivity index (χ1n) is 12.7. The zero-order chi connectivity index (χ0) is 25.8. The third-order valence-corrected chi connectivity index (χ3v) is 5.86.